The van der Waals surface area contributed by atoms with Gasteiger partial charge in [-0.2, -0.15) is 0 Å². The largest absolute Gasteiger partial charge is 0.306 e. The van der Waals surface area contributed by atoms with Crippen LogP contribution in [0.1, 0.15) is 25.7 Å². The Morgan fingerprint density at radius 2 is 1.47 bits per heavy atom. The molecule has 84 valence electrons. The smallest absolute Gasteiger partial charge is 0.229 e. The standard InChI is InChI=1S/C11H18N2O2/c1-12-5-3-11(4-6-12)7-9(14)13(2)10(15)8-11/h3-8H2,1-2H3. The van der Waals surface area contributed by atoms with Crippen molar-refractivity contribution in [2.75, 3.05) is 27.2 Å². The number of carbonyl (C=O) groups is 2. The Hall–Kier alpha value is -0.900. The van der Waals surface area contributed by atoms with Gasteiger partial charge >= 0.3 is 0 Å². The normalized spacial score (nSPS) is 27.5. The van der Waals surface area contributed by atoms with Crippen LogP contribution in [-0.2, 0) is 9.59 Å². The molecule has 2 aliphatic heterocycles. The van der Waals surface area contributed by atoms with Crippen LogP contribution < -0.4 is 0 Å². The first-order valence-corrected chi connectivity index (χ1v) is 5.50. The maximum absolute atomic E-state index is 11.7. The lowest BCUT2D eigenvalue weighted by atomic mass is 9.71. The molecule has 0 bridgehead atoms. The lowest BCUT2D eigenvalue weighted by Gasteiger charge is -2.43. The fourth-order valence-corrected chi connectivity index (χ4v) is 2.53. The summed E-state index contributed by atoms with van der Waals surface area (Å²) in [6, 6.07) is 0. The molecule has 0 unspecified atom stereocenters. The predicted molar refractivity (Wildman–Crippen MR) is 56.2 cm³/mol. The van der Waals surface area contributed by atoms with Crippen LogP contribution in [0.15, 0.2) is 0 Å². The number of likely N-dealkylation sites (tertiary alicyclic amines) is 2. The number of rotatable bonds is 0. The average Bonchev–Trinajstić information content (AvgIpc) is 2.20. The van der Waals surface area contributed by atoms with Crippen molar-refractivity contribution in [1.29, 1.82) is 0 Å². The van der Waals surface area contributed by atoms with Crippen LogP contribution in [0, 0.1) is 5.41 Å². The molecule has 0 aromatic carbocycles. The van der Waals surface area contributed by atoms with Gasteiger partial charge in [0.05, 0.1) is 0 Å². The Morgan fingerprint density at radius 3 is 1.93 bits per heavy atom. The lowest BCUT2D eigenvalue weighted by Crippen LogP contribution is -2.49. The topological polar surface area (TPSA) is 40.6 Å². The quantitative estimate of drug-likeness (QED) is 0.546. The zero-order chi connectivity index (χ0) is 11.1. The van der Waals surface area contributed by atoms with E-state index < -0.39 is 0 Å². The van der Waals surface area contributed by atoms with Gasteiger partial charge in [0.2, 0.25) is 11.8 Å². The molecule has 4 heteroatoms. The number of carbonyl (C=O) groups excluding carboxylic acids is 2. The van der Waals surface area contributed by atoms with E-state index in [1.807, 2.05) is 0 Å². The van der Waals surface area contributed by atoms with E-state index in [0.717, 1.165) is 25.9 Å². The summed E-state index contributed by atoms with van der Waals surface area (Å²) in [4.78, 5) is 26.8. The maximum Gasteiger partial charge on any atom is 0.229 e. The fourth-order valence-electron chi connectivity index (χ4n) is 2.53. The summed E-state index contributed by atoms with van der Waals surface area (Å²) < 4.78 is 0. The molecule has 2 saturated heterocycles. The molecule has 2 heterocycles. The van der Waals surface area contributed by atoms with Gasteiger partial charge in [-0.15, -0.1) is 0 Å². The molecule has 2 fully saturated rings. The first-order chi connectivity index (χ1) is 7.02. The van der Waals surface area contributed by atoms with Crippen molar-refractivity contribution in [3.8, 4) is 0 Å². The van der Waals surface area contributed by atoms with Crippen molar-refractivity contribution in [2.45, 2.75) is 25.7 Å². The van der Waals surface area contributed by atoms with Crippen LogP contribution in [0.4, 0.5) is 0 Å². The number of hydrogen-bond donors (Lipinski definition) is 0. The molecule has 2 aliphatic rings. The first-order valence-electron chi connectivity index (χ1n) is 5.50. The summed E-state index contributed by atoms with van der Waals surface area (Å²) >= 11 is 0. The Labute approximate surface area is 90.2 Å². The lowest BCUT2D eigenvalue weighted by molar-refractivity contribution is -0.153. The minimum Gasteiger partial charge on any atom is -0.306 e. The van der Waals surface area contributed by atoms with Crippen LogP contribution in [0.2, 0.25) is 0 Å². The molecule has 0 aliphatic carbocycles. The van der Waals surface area contributed by atoms with Gasteiger partial charge in [0.15, 0.2) is 0 Å². The van der Waals surface area contributed by atoms with Gasteiger partial charge < -0.3 is 4.90 Å². The van der Waals surface area contributed by atoms with Crippen molar-refractivity contribution in [3.63, 3.8) is 0 Å². The molecular weight excluding hydrogens is 192 g/mol. The summed E-state index contributed by atoms with van der Waals surface area (Å²) in [6.45, 7) is 2.01. The Morgan fingerprint density at radius 1 is 1.00 bits per heavy atom. The first kappa shape index (κ1) is 10.6. The molecule has 0 aromatic heterocycles. The van der Waals surface area contributed by atoms with Gasteiger partial charge in [-0.25, -0.2) is 0 Å². The second kappa shape index (κ2) is 3.59. The second-order valence-electron chi connectivity index (χ2n) is 5.00. The van der Waals surface area contributed by atoms with Gasteiger partial charge in [-0.3, -0.25) is 14.5 Å². The second-order valence-corrected chi connectivity index (χ2v) is 5.00. The molecule has 2 amide bonds. The van der Waals surface area contributed by atoms with E-state index in [-0.39, 0.29) is 17.2 Å². The minimum atomic E-state index is -0.0206. The third-order valence-electron chi connectivity index (χ3n) is 3.85. The molecule has 0 atom stereocenters. The number of imide groups is 1. The molecule has 0 N–H and O–H groups in total. The fraction of sp³-hybridized carbons (Fsp3) is 0.818. The molecule has 0 radical (unpaired) electrons. The van der Waals surface area contributed by atoms with E-state index in [9.17, 15) is 9.59 Å². The Balaban J connectivity index is 2.10. The highest BCUT2D eigenvalue weighted by molar-refractivity contribution is 5.98. The van der Waals surface area contributed by atoms with E-state index in [4.69, 9.17) is 0 Å². The molecule has 4 nitrogen and oxygen atoms in total. The van der Waals surface area contributed by atoms with Crippen LogP contribution in [-0.4, -0.2) is 48.8 Å². The molecular formula is C11H18N2O2. The number of nitrogens with zero attached hydrogens (tertiary/aromatic N) is 2. The highest BCUT2D eigenvalue weighted by Gasteiger charge is 2.43. The maximum atomic E-state index is 11.7. The van der Waals surface area contributed by atoms with Crippen molar-refractivity contribution >= 4 is 11.8 Å². The van der Waals surface area contributed by atoms with Gasteiger partial charge in [0.1, 0.15) is 0 Å². The van der Waals surface area contributed by atoms with Crippen molar-refractivity contribution in [2.24, 2.45) is 5.41 Å². The zero-order valence-corrected chi connectivity index (χ0v) is 9.45. The summed E-state index contributed by atoms with van der Waals surface area (Å²) in [5, 5.41) is 0. The Kier molecular flexibility index (Phi) is 2.54. The molecule has 0 aromatic rings. The van der Waals surface area contributed by atoms with Crippen LogP contribution in [0.5, 0.6) is 0 Å². The highest BCUT2D eigenvalue weighted by Crippen LogP contribution is 2.41. The monoisotopic (exact) mass is 210 g/mol. The summed E-state index contributed by atoms with van der Waals surface area (Å²) in [6.07, 6.45) is 3.08. The summed E-state index contributed by atoms with van der Waals surface area (Å²) in [5.41, 5.74) is -0.0206. The van der Waals surface area contributed by atoms with Crippen molar-refractivity contribution in [1.82, 2.24) is 9.80 Å². The van der Waals surface area contributed by atoms with E-state index in [0.29, 0.717) is 12.8 Å². The van der Waals surface area contributed by atoms with E-state index in [1.165, 1.54) is 4.90 Å². The van der Waals surface area contributed by atoms with E-state index in [1.54, 1.807) is 7.05 Å². The van der Waals surface area contributed by atoms with Crippen LogP contribution >= 0.6 is 0 Å². The molecule has 0 saturated carbocycles. The minimum absolute atomic E-state index is 0.00389. The Bertz CT molecular complexity index is 273. The third-order valence-corrected chi connectivity index (χ3v) is 3.85. The summed E-state index contributed by atoms with van der Waals surface area (Å²) in [7, 11) is 3.68. The molecule has 1 spiro atoms. The molecule has 2 rings (SSSR count). The van der Waals surface area contributed by atoms with E-state index in [2.05, 4.69) is 11.9 Å². The predicted octanol–water partition coefficient (Wildman–Crippen LogP) is 0.477. The van der Waals surface area contributed by atoms with Crippen LogP contribution in [0.25, 0.3) is 0 Å². The zero-order valence-electron chi connectivity index (χ0n) is 9.45. The SMILES string of the molecule is CN1CCC2(CC1)CC(=O)N(C)C(=O)C2. The van der Waals surface area contributed by atoms with E-state index >= 15 is 0 Å². The van der Waals surface area contributed by atoms with Crippen LogP contribution in [0.3, 0.4) is 0 Å². The van der Waals surface area contributed by atoms with Gasteiger partial charge in [0, 0.05) is 19.9 Å². The van der Waals surface area contributed by atoms with Gasteiger partial charge in [-0.1, -0.05) is 0 Å². The van der Waals surface area contributed by atoms with Crippen molar-refractivity contribution < 1.29 is 9.59 Å². The number of hydrogen-bond acceptors (Lipinski definition) is 3. The van der Waals surface area contributed by atoms with Gasteiger partial charge in [0.25, 0.3) is 0 Å². The number of piperidine rings is 2. The summed E-state index contributed by atoms with van der Waals surface area (Å²) in [5.74, 6) is -0.00777. The van der Waals surface area contributed by atoms with Gasteiger partial charge in [-0.05, 0) is 38.4 Å². The third kappa shape index (κ3) is 1.91. The highest BCUT2D eigenvalue weighted by atomic mass is 16.2. The molecule has 15 heavy (non-hydrogen) atoms. The number of amides is 2. The van der Waals surface area contributed by atoms with Crippen molar-refractivity contribution in [3.05, 3.63) is 0 Å². The average molecular weight is 210 g/mol.